The summed E-state index contributed by atoms with van der Waals surface area (Å²) in [5, 5.41) is 13.4. The summed E-state index contributed by atoms with van der Waals surface area (Å²) >= 11 is 0. The van der Waals surface area contributed by atoms with Crippen LogP contribution in [0, 0.1) is 0 Å². The molecular weight excluding hydrogens is 295 g/mol. The Morgan fingerprint density at radius 3 is 2.45 bits per heavy atom. The Balaban J connectivity index is 1.89. The minimum atomic E-state index is -4.33. The minimum absolute atomic E-state index is 0.0226. The van der Waals surface area contributed by atoms with Crippen molar-refractivity contribution in [3.8, 4) is 5.75 Å². The average molecular weight is 317 g/mol. The quantitative estimate of drug-likeness (QED) is 0.872. The molecule has 0 saturated heterocycles. The highest BCUT2D eigenvalue weighted by molar-refractivity contribution is 5.29. The van der Waals surface area contributed by atoms with Gasteiger partial charge in [0.2, 0.25) is 0 Å². The van der Waals surface area contributed by atoms with Gasteiger partial charge in [0, 0.05) is 12.1 Å². The van der Waals surface area contributed by atoms with E-state index in [1.165, 1.54) is 12.1 Å². The number of hydrogen-bond donors (Lipinski definition) is 2. The van der Waals surface area contributed by atoms with Crippen molar-refractivity contribution < 1.29 is 23.0 Å². The summed E-state index contributed by atoms with van der Waals surface area (Å²) in [6, 6.07) is 6.67. The van der Waals surface area contributed by atoms with Crippen molar-refractivity contribution in [1.29, 1.82) is 0 Å². The monoisotopic (exact) mass is 317 g/mol. The molecule has 6 heteroatoms. The van der Waals surface area contributed by atoms with Gasteiger partial charge in [0.15, 0.2) is 6.61 Å². The summed E-state index contributed by atoms with van der Waals surface area (Å²) in [6.07, 6.45) is -0.743. The van der Waals surface area contributed by atoms with Crippen molar-refractivity contribution in [3.05, 3.63) is 29.8 Å². The largest absolute Gasteiger partial charge is 0.484 e. The smallest absolute Gasteiger partial charge is 0.422 e. The summed E-state index contributed by atoms with van der Waals surface area (Å²) < 4.78 is 40.9. The third kappa shape index (κ3) is 5.18. The number of rotatable bonds is 5. The van der Waals surface area contributed by atoms with Crippen LogP contribution in [0.3, 0.4) is 0 Å². The standard InChI is InChI=1S/C16H22F3NO2/c1-11(20-14-4-2-3-5-15(14)21)12-6-8-13(9-7-12)22-10-16(17,18)19/h6-9,11,14-15,20-21H,2-5,10H2,1H3. The van der Waals surface area contributed by atoms with E-state index < -0.39 is 12.8 Å². The molecule has 1 aliphatic carbocycles. The number of ether oxygens (including phenoxy) is 1. The fourth-order valence-electron chi connectivity index (χ4n) is 2.74. The molecule has 0 amide bonds. The van der Waals surface area contributed by atoms with Gasteiger partial charge in [0.1, 0.15) is 5.75 Å². The van der Waals surface area contributed by atoms with Gasteiger partial charge in [-0.05, 0) is 37.5 Å². The summed E-state index contributed by atoms with van der Waals surface area (Å²) in [4.78, 5) is 0. The molecule has 3 nitrogen and oxygen atoms in total. The normalized spacial score (nSPS) is 24.0. The molecule has 0 spiro atoms. The minimum Gasteiger partial charge on any atom is -0.484 e. The van der Waals surface area contributed by atoms with Gasteiger partial charge in [-0.1, -0.05) is 25.0 Å². The molecule has 3 atom stereocenters. The first-order chi connectivity index (χ1) is 10.3. The summed E-state index contributed by atoms with van der Waals surface area (Å²) in [7, 11) is 0. The highest BCUT2D eigenvalue weighted by Crippen LogP contribution is 2.24. The van der Waals surface area contributed by atoms with Gasteiger partial charge < -0.3 is 15.2 Å². The SMILES string of the molecule is CC(NC1CCCCC1O)c1ccc(OCC(F)(F)F)cc1. The molecule has 3 unspecified atom stereocenters. The second-order valence-corrected chi connectivity index (χ2v) is 5.82. The van der Waals surface area contributed by atoms with Gasteiger partial charge in [-0.15, -0.1) is 0 Å². The van der Waals surface area contributed by atoms with Crippen LogP contribution in [-0.4, -0.2) is 30.0 Å². The third-order valence-electron chi connectivity index (χ3n) is 3.98. The highest BCUT2D eigenvalue weighted by atomic mass is 19.4. The van der Waals surface area contributed by atoms with E-state index in [0.717, 1.165) is 31.2 Å². The van der Waals surface area contributed by atoms with E-state index in [0.29, 0.717) is 0 Å². The van der Waals surface area contributed by atoms with Crippen molar-refractivity contribution in [2.45, 2.75) is 57.0 Å². The predicted molar refractivity (Wildman–Crippen MR) is 77.8 cm³/mol. The highest BCUT2D eigenvalue weighted by Gasteiger charge is 2.28. The summed E-state index contributed by atoms with van der Waals surface area (Å²) in [6.45, 7) is 0.696. The van der Waals surface area contributed by atoms with E-state index >= 15 is 0 Å². The first-order valence-corrected chi connectivity index (χ1v) is 7.59. The zero-order valence-corrected chi connectivity index (χ0v) is 12.6. The van der Waals surface area contributed by atoms with Crippen LogP contribution >= 0.6 is 0 Å². The number of alkyl halides is 3. The van der Waals surface area contributed by atoms with Crippen LogP contribution < -0.4 is 10.1 Å². The van der Waals surface area contributed by atoms with E-state index in [1.54, 1.807) is 12.1 Å². The number of hydrogen-bond acceptors (Lipinski definition) is 3. The summed E-state index contributed by atoms with van der Waals surface area (Å²) in [5.74, 6) is 0.200. The molecule has 0 aromatic heterocycles. The van der Waals surface area contributed by atoms with Gasteiger partial charge in [-0.25, -0.2) is 0 Å². The van der Waals surface area contributed by atoms with Crippen molar-refractivity contribution in [1.82, 2.24) is 5.32 Å². The Bertz CT molecular complexity index is 461. The number of aliphatic hydroxyl groups excluding tert-OH is 1. The van der Waals surface area contributed by atoms with E-state index in [2.05, 4.69) is 10.1 Å². The van der Waals surface area contributed by atoms with E-state index in [1.807, 2.05) is 6.92 Å². The summed E-state index contributed by atoms with van der Waals surface area (Å²) in [5.41, 5.74) is 0.956. The lowest BCUT2D eigenvalue weighted by molar-refractivity contribution is -0.153. The second kappa shape index (κ2) is 7.33. The molecule has 1 aliphatic rings. The maximum absolute atomic E-state index is 12.1. The van der Waals surface area contributed by atoms with E-state index in [-0.39, 0.29) is 23.9 Å². The molecule has 124 valence electrons. The fraction of sp³-hybridized carbons (Fsp3) is 0.625. The zero-order valence-electron chi connectivity index (χ0n) is 12.6. The average Bonchev–Trinajstić information content (AvgIpc) is 2.47. The topological polar surface area (TPSA) is 41.5 Å². The van der Waals surface area contributed by atoms with Gasteiger partial charge >= 0.3 is 6.18 Å². The van der Waals surface area contributed by atoms with Crippen LogP contribution in [0.4, 0.5) is 13.2 Å². The van der Waals surface area contributed by atoms with Gasteiger partial charge in [0.25, 0.3) is 0 Å². The number of nitrogens with one attached hydrogen (secondary N) is 1. The second-order valence-electron chi connectivity index (χ2n) is 5.82. The van der Waals surface area contributed by atoms with Crippen LogP contribution in [0.2, 0.25) is 0 Å². The van der Waals surface area contributed by atoms with Crippen LogP contribution in [0.1, 0.15) is 44.2 Å². The Morgan fingerprint density at radius 1 is 1.23 bits per heavy atom. The van der Waals surface area contributed by atoms with E-state index in [9.17, 15) is 18.3 Å². The molecule has 0 bridgehead atoms. The molecule has 22 heavy (non-hydrogen) atoms. The number of aliphatic hydroxyl groups is 1. The van der Waals surface area contributed by atoms with Crippen molar-refractivity contribution >= 4 is 0 Å². The Labute approximate surface area is 128 Å². The van der Waals surface area contributed by atoms with Crippen LogP contribution in [-0.2, 0) is 0 Å². The molecule has 0 radical (unpaired) electrons. The third-order valence-corrected chi connectivity index (χ3v) is 3.98. The first-order valence-electron chi connectivity index (χ1n) is 7.59. The molecular formula is C16H22F3NO2. The van der Waals surface area contributed by atoms with Crippen LogP contribution in [0.15, 0.2) is 24.3 Å². The zero-order chi connectivity index (χ0) is 16.2. The Kier molecular flexibility index (Phi) is 5.69. The number of halogens is 3. The van der Waals surface area contributed by atoms with Gasteiger partial charge in [-0.2, -0.15) is 13.2 Å². The Morgan fingerprint density at radius 2 is 1.86 bits per heavy atom. The molecule has 1 fully saturated rings. The van der Waals surface area contributed by atoms with Crippen LogP contribution in [0.5, 0.6) is 5.75 Å². The van der Waals surface area contributed by atoms with Gasteiger partial charge in [0.05, 0.1) is 6.10 Å². The lowest BCUT2D eigenvalue weighted by atomic mass is 9.91. The molecule has 1 aromatic carbocycles. The van der Waals surface area contributed by atoms with Crippen molar-refractivity contribution in [3.63, 3.8) is 0 Å². The fourth-order valence-corrected chi connectivity index (χ4v) is 2.74. The predicted octanol–water partition coefficient (Wildman–Crippen LogP) is 3.58. The van der Waals surface area contributed by atoms with Crippen LogP contribution in [0.25, 0.3) is 0 Å². The van der Waals surface area contributed by atoms with Crippen molar-refractivity contribution in [2.75, 3.05) is 6.61 Å². The first kappa shape index (κ1) is 17.1. The maximum Gasteiger partial charge on any atom is 0.422 e. The molecule has 2 rings (SSSR count). The van der Waals surface area contributed by atoms with Crippen molar-refractivity contribution in [2.24, 2.45) is 0 Å². The molecule has 1 saturated carbocycles. The number of benzene rings is 1. The molecule has 0 heterocycles. The molecule has 2 N–H and O–H groups in total. The lowest BCUT2D eigenvalue weighted by Gasteiger charge is -2.31. The lowest BCUT2D eigenvalue weighted by Crippen LogP contribution is -2.43. The maximum atomic E-state index is 12.1. The van der Waals surface area contributed by atoms with E-state index in [4.69, 9.17) is 0 Å². The molecule has 0 aliphatic heterocycles. The molecule has 1 aromatic rings. The van der Waals surface area contributed by atoms with Gasteiger partial charge in [-0.3, -0.25) is 0 Å². The Hall–Kier alpha value is -1.27.